The molecule has 0 unspecified atom stereocenters. The van der Waals surface area contributed by atoms with Crippen LogP contribution in [0.4, 0.5) is 0 Å². The van der Waals surface area contributed by atoms with Crippen molar-refractivity contribution in [1.82, 2.24) is 14.5 Å². The second-order valence-electron chi connectivity index (χ2n) is 17.2. The van der Waals surface area contributed by atoms with Gasteiger partial charge in [0, 0.05) is 33.0 Å². The summed E-state index contributed by atoms with van der Waals surface area (Å²) < 4.78 is 2.31. The zero-order chi connectivity index (χ0) is 38.5. The van der Waals surface area contributed by atoms with Gasteiger partial charge in [0.2, 0.25) is 0 Å². The molecule has 0 bridgehead atoms. The number of hydrogen-bond acceptors (Lipinski definition) is 3. The molecule has 0 saturated carbocycles. The number of aromatic nitrogens is 3. The maximum Gasteiger partial charge on any atom is 0.148 e. The van der Waals surface area contributed by atoms with E-state index in [0.29, 0.717) is 11.4 Å². The molecule has 0 aliphatic heterocycles. The van der Waals surface area contributed by atoms with Crippen molar-refractivity contribution in [2.75, 3.05) is 0 Å². The molecule has 0 fully saturated rings. The Morgan fingerprint density at radius 1 is 0.618 bits per heavy atom. The molecule has 0 amide bonds. The van der Waals surface area contributed by atoms with Crippen LogP contribution in [0, 0.1) is 6.07 Å². The molecule has 0 atom stereocenters. The minimum absolute atomic E-state index is 0. The van der Waals surface area contributed by atoms with Gasteiger partial charge in [-0.3, -0.25) is 9.55 Å². The van der Waals surface area contributed by atoms with Crippen LogP contribution in [-0.2, 0) is 31.9 Å². The number of imidazole rings is 1. The predicted octanol–water partition coefficient (Wildman–Crippen LogP) is 13.4. The van der Waals surface area contributed by atoms with Crippen molar-refractivity contribution in [2.24, 2.45) is 0 Å². The van der Waals surface area contributed by atoms with Crippen LogP contribution in [-0.4, -0.2) is 19.6 Å². The average Bonchev–Trinajstić information content (AvgIpc) is 3.53. The smallest absolute Gasteiger partial charge is 0.148 e. The molecule has 7 aromatic rings. The van der Waals surface area contributed by atoms with Crippen molar-refractivity contribution >= 4 is 11.0 Å². The van der Waals surface area contributed by atoms with Crippen molar-refractivity contribution in [2.45, 2.75) is 91.9 Å². The van der Waals surface area contributed by atoms with Crippen LogP contribution in [0.2, 0.25) is 0 Å². The fraction of sp³-hybridized carbons (Fsp3) is 0.280. The molecule has 2 aromatic heterocycles. The topological polar surface area (TPSA) is 50.9 Å². The largest absolute Gasteiger partial charge is 0.507 e. The summed E-state index contributed by atoms with van der Waals surface area (Å²) in [6.45, 7) is 22.6. The zero-order valence-corrected chi connectivity index (χ0v) is 36.0. The number of rotatable bonds is 7. The van der Waals surface area contributed by atoms with Crippen LogP contribution in [0.25, 0.3) is 61.6 Å². The van der Waals surface area contributed by atoms with E-state index in [-0.39, 0.29) is 49.5 Å². The summed E-state index contributed by atoms with van der Waals surface area (Å²) in [4.78, 5) is 10.4. The van der Waals surface area contributed by atoms with E-state index in [1.165, 1.54) is 22.3 Å². The molecule has 4 nitrogen and oxygen atoms in total. The second-order valence-corrected chi connectivity index (χ2v) is 17.2. The number of phenols is 1. The van der Waals surface area contributed by atoms with E-state index in [4.69, 9.17) is 9.97 Å². The van der Waals surface area contributed by atoms with Crippen molar-refractivity contribution in [3.8, 4) is 56.3 Å². The predicted molar refractivity (Wildman–Crippen MR) is 227 cm³/mol. The minimum atomic E-state index is -0.195. The fourth-order valence-electron chi connectivity index (χ4n) is 7.66. The van der Waals surface area contributed by atoms with Gasteiger partial charge in [-0.25, -0.2) is 4.98 Å². The van der Waals surface area contributed by atoms with Crippen molar-refractivity contribution in [3.63, 3.8) is 0 Å². The fourth-order valence-corrected chi connectivity index (χ4v) is 7.66. The number of para-hydroxylation sites is 2. The van der Waals surface area contributed by atoms with E-state index in [2.05, 4.69) is 147 Å². The van der Waals surface area contributed by atoms with E-state index in [0.717, 1.165) is 50.2 Å². The molecule has 1 N–H and O–H groups in total. The number of pyridine rings is 1. The number of fused-ring (bicyclic) bond motifs is 1. The molecule has 0 aliphatic rings. The normalized spacial score (nSPS) is 12.1. The maximum absolute atomic E-state index is 11.7. The molecule has 2 heterocycles. The molecule has 0 radical (unpaired) electrons. The monoisotopic (exact) mass is 905 g/mol. The molecule has 5 aromatic carbocycles. The van der Waals surface area contributed by atoms with Crippen LogP contribution in [0.3, 0.4) is 0 Å². The summed E-state index contributed by atoms with van der Waals surface area (Å²) in [5.41, 5.74) is 14.2. The molecular weight excluding hydrogens is 854 g/mol. The number of hydrogen-bond donors (Lipinski definition) is 1. The quantitative estimate of drug-likeness (QED) is 0.162. The molecule has 284 valence electrons. The van der Waals surface area contributed by atoms with Gasteiger partial charge in [0.1, 0.15) is 11.6 Å². The third-order valence-corrected chi connectivity index (χ3v) is 10.5. The molecule has 5 heteroatoms. The van der Waals surface area contributed by atoms with E-state index >= 15 is 0 Å². The van der Waals surface area contributed by atoms with Gasteiger partial charge in [-0.05, 0) is 69.2 Å². The standard InChI is InChI=1S/C50H52N3O.Pt/c1-31(2)35-20-16-21-36(32(3)4)47(35)53-44-24-17-22-37(46(44)52-48(53)40-28-34(25-26-45(40)54)33-18-12-11-13-19-33)38-29-39(43-23-14-15-27-51-43)42(50(8,9)10)30-41(38)49(5,6)7;/h11-28,30-32,54H,1-10H3;/q-1;. The van der Waals surface area contributed by atoms with Crippen molar-refractivity contribution in [3.05, 3.63) is 144 Å². The van der Waals surface area contributed by atoms with Crippen LogP contribution >= 0.6 is 0 Å². The Bertz CT molecular complexity index is 2440. The average molecular weight is 906 g/mol. The summed E-state index contributed by atoms with van der Waals surface area (Å²) in [7, 11) is 0. The van der Waals surface area contributed by atoms with Gasteiger partial charge in [0.15, 0.2) is 0 Å². The summed E-state index contributed by atoms with van der Waals surface area (Å²) >= 11 is 0. The summed E-state index contributed by atoms with van der Waals surface area (Å²) in [6, 6.07) is 41.8. The van der Waals surface area contributed by atoms with E-state index < -0.39 is 0 Å². The van der Waals surface area contributed by atoms with Gasteiger partial charge in [0.25, 0.3) is 0 Å². The number of benzene rings is 5. The Hall–Kier alpha value is -4.79. The number of aromatic hydroxyl groups is 1. The van der Waals surface area contributed by atoms with Crippen LogP contribution in [0.15, 0.2) is 115 Å². The maximum atomic E-state index is 11.7. The van der Waals surface area contributed by atoms with Crippen LogP contribution in [0.1, 0.15) is 103 Å². The molecular formula is C50H52N3OPt-. The molecule has 55 heavy (non-hydrogen) atoms. The molecule has 0 spiro atoms. The van der Waals surface area contributed by atoms with Crippen LogP contribution < -0.4 is 0 Å². The molecule has 0 aliphatic carbocycles. The SMILES string of the molecule is CC(C)c1cccc(C(C)C)c1-n1c(-c2cc(-c3ccccc3)ccc2O)nc2c(-c3[c-]c(-c4ccccn4)c(C(C)(C)C)cc3C(C)(C)C)cccc21.[Pt]. The van der Waals surface area contributed by atoms with Crippen LogP contribution in [0.5, 0.6) is 5.75 Å². The Kier molecular flexibility index (Phi) is 11.2. The van der Waals surface area contributed by atoms with Gasteiger partial charge in [-0.15, -0.1) is 28.8 Å². The Morgan fingerprint density at radius 2 is 1.24 bits per heavy atom. The van der Waals surface area contributed by atoms with E-state index in [9.17, 15) is 5.11 Å². The Balaban J connectivity index is 0.00000514. The van der Waals surface area contributed by atoms with Gasteiger partial charge < -0.3 is 5.11 Å². The minimum Gasteiger partial charge on any atom is -0.507 e. The van der Waals surface area contributed by atoms with Gasteiger partial charge in [0.05, 0.1) is 22.3 Å². The van der Waals surface area contributed by atoms with Gasteiger partial charge in [-0.2, -0.15) is 0 Å². The Labute approximate surface area is 342 Å². The van der Waals surface area contributed by atoms with Crippen molar-refractivity contribution < 1.29 is 26.2 Å². The first kappa shape index (κ1) is 39.9. The van der Waals surface area contributed by atoms with Crippen molar-refractivity contribution in [1.29, 1.82) is 0 Å². The number of phenolic OH excluding ortho intramolecular Hbond substituents is 1. The third-order valence-electron chi connectivity index (χ3n) is 10.5. The first-order valence-corrected chi connectivity index (χ1v) is 19.2. The summed E-state index contributed by atoms with van der Waals surface area (Å²) in [5, 5.41) is 11.7. The number of nitrogens with zero attached hydrogens (tertiary/aromatic N) is 3. The summed E-state index contributed by atoms with van der Waals surface area (Å²) in [6.07, 6.45) is 1.86. The first-order valence-electron chi connectivity index (χ1n) is 19.2. The third kappa shape index (κ3) is 7.59. The Morgan fingerprint density at radius 3 is 1.84 bits per heavy atom. The molecule has 7 rings (SSSR count). The second kappa shape index (κ2) is 15.4. The first-order chi connectivity index (χ1) is 25.6. The van der Waals surface area contributed by atoms with Gasteiger partial charge >= 0.3 is 0 Å². The molecule has 0 saturated heterocycles. The summed E-state index contributed by atoms with van der Waals surface area (Å²) in [5.74, 6) is 1.40. The van der Waals surface area contributed by atoms with E-state index in [1.807, 2.05) is 42.6 Å². The van der Waals surface area contributed by atoms with Gasteiger partial charge in [-0.1, -0.05) is 159 Å². The van der Waals surface area contributed by atoms with E-state index in [1.54, 1.807) is 6.07 Å². The zero-order valence-electron chi connectivity index (χ0n) is 33.7.